The van der Waals surface area contributed by atoms with Gasteiger partial charge in [0.1, 0.15) is 5.57 Å². The highest BCUT2D eigenvalue weighted by molar-refractivity contribution is 6.19. The number of likely N-dealkylation sites (N-methyl/N-ethyl adjacent to an activating group) is 1. The maximum absolute atomic E-state index is 12.2. The number of carbonyl (C=O) groups is 2. The monoisotopic (exact) mass is 276 g/mol. The highest BCUT2D eigenvalue weighted by Gasteiger charge is 2.23. The third kappa shape index (κ3) is 3.93. The van der Waals surface area contributed by atoms with Crippen molar-refractivity contribution in [3.63, 3.8) is 0 Å². The number of nitrogens with one attached hydrogen (secondary N) is 1. The van der Waals surface area contributed by atoms with Gasteiger partial charge in [0, 0.05) is 19.2 Å². The van der Waals surface area contributed by atoms with Crippen molar-refractivity contribution in [2.24, 2.45) is 5.73 Å². The SMILES string of the molecule is CC/C(N)=C(/C(=O)CC(O)c1ccccc1)C(=O)NC. The molecule has 108 valence electrons. The van der Waals surface area contributed by atoms with Crippen LogP contribution in [-0.4, -0.2) is 23.8 Å². The van der Waals surface area contributed by atoms with E-state index in [1.165, 1.54) is 7.05 Å². The number of allylic oxidation sites excluding steroid dienone is 1. The third-order valence-corrected chi connectivity index (χ3v) is 3.00. The number of carbonyl (C=O) groups excluding carboxylic acids is 2. The second-order valence-corrected chi connectivity index (χ2v) is 4.39. The molecule has 0 aromatic heterocycles. The molecule has 0 aliphatic rings. The van der Waals surface area contributed by atoms with Crippen molar-refractivity contribution in [1.82, 2.24) is 5.32 Å². The lowest BCUT2D eigenvalue weighted by molar-refractivity contribution is -0.123. The van der Waals surface area contributed by atoms with Crippen LogP contribution in [0.3, 0.4) is 0 Å². The van der Waals surface area contributed by atoms with E-state index in [0.29, 0.717) is 12.0 Å². The van der Waals surface area contributed by atoms with Crippen LogP contribution in [0.15, 0.2) is 41.6 Å². The lowest BCUT2D eigenvalue weighted by Crippen LogP contribution is -2.28. The predicted octanol–water partition coefficient (Wildman–Crippen LogP) is 1.05. The standard InChI is InChI=1S/C15H20N2O3/c1-3-11(16)14(15(20)17-2)13(19)9-12(18)10-7-5-4-6-8-10/h4-8,12,18H,3,9,16H2,1-2H3,(H,17,20)/b14-11+. The Bertz CT molecular complexity index is 509. The molecule has 1 aromatic rings. The van der Waals surface area contributed by atoms with Crippen LogP contribution in [0.5, 0.6) is 0 Å². The van der Waals surface area contributed by atoms with Crippen LogP contribution in [0.1, 0.15) is 31.4 Å². The van der Waals surface area contributed by atoms with Gasteiger partial charge in [-0.3, -0.25) is 9.59 Å². The Morgan fingerprint density at radius 2 is 1.90 bits per heavy atom. The number of rotatable bonds is 6. The molecule has 0 bridgehead atoms. The Morgan fingerprint density at radius 1 is 1.30 bits per heavy atom. The summed E-state index contributed by atoms with van der Waals surface area (Å²) in [5.74, 6) is -0.977. The number of benzene rings is 1. The average molecular weight is 276 g/mol. The van der Waals surface area contributed by atoms with E-state index < -0.39 is 17.8 Å². The Balaban J connectivity index is 2.90. The van der Waals surface area contributed by atoms with Crippen LogP contribution in [-0.2, 0) is 9.59 Å². The van der Waals surface area contributed by atoms with Gasteiger partial charge in [-0.15, -0.1) is 0 Å². The van der Waals surface area contributed by atoms with Crippen molar-refractivity contribution >= 4 is 11.7 Å². The smallest absolute Gasteiger partial charge is 0.256 e. The van der Waals surface area contributed by atoms with E-state index in [2.05, 4.69) is 5.32 Å². The Kier molecular flexibility index (Phi) is 5.93. The van der Waals surface area contributed by atoms with Gasteiger partial charge in [0.2, 0.25) is 0 Å². The summed E-state index contributed by atoms with van der Waals surface area (Å²) in [7, 11) is 1.44. The first-order valence-electron chi connectivity index (χ1n) is 6.48. The van der Waals surface area contributed by atoms with Gasteiger partial charge in [-0.25, -0.2) is 0 Å². The second-order valence-electron chi connectivity index (χ2n) is 4.39. The summed E-state index contributed by atoms with van der Waals surface area (Å²) in [5, 5.41) is 12.4. The summed E-state index contributed by atoms with van der Waals surface area (Å²) in [6, 6.07) is 8.83. The molecule has 1 unspecified atom stereocenters. The minimum absolute atomic E-state index is 0.0648. The minimum atomic E-state index is -0.951. The molecule has 0 heterocycles. The molecule has 1 rings (SSSR count). The first kappa shape index (κ1) is 15.9. The molecule has 5 nitrogen and oxygen atoms in total. The Labute approximate surface area is 118 Å². The molecule has 0 radical (unpaired) electrons. The number of Topliss-reactive ketones (excluding diaryl/α,β-unsaturated/α-hetero) is 1. The fraction of sp³-hybridized carbons (Fsp3) is 0.333. The molecule has 0 fully saturated rings. The third-order valence-electron chi connectivity index (χ3n) is 3.00. The van der Waals surface area contributed by atoms with Gasteiger partial charge >= 0.3 is 0 Å². The normalized spacial score (nSPS) is 13.3. The van der Waals surface area contributed by atoms with Crippen molar-refractivity contribution in [2.45, 2.75) is 25.9 Å². The van der Waals surface area contributed by atoms with Crippen molar-refractivity contribution in [1.29, 1.82) is 0 Å². The van der Waals surface area contributed by atoms with Crippen LogP contribution in [0, 0.1) is 0 Å². The number of aliphatic hydroxyl groups is 1. The molecule has 20 heavy (non-hydrogen) atoms. The zero-order valence-corrected chi connectivity index (χ0v) is 11.7. The highest BCUT2D eigenvalue weighted by Crippen LogP contribution is 2.19. The van der Waals surface area contributed by atoms with E-state index in [4.69, 9.17) is 5.73 Å². The molecule has 0 spiro atoms. The van der Waals surface area contributed by atoms with Crippen molar-refractivity contribution < 1.29 is 14.7 Å². The molecular formula is C15H20N2O3. The number of ketones is 1. The molecule has 1 amide bonds. The molecule has 1 aromatic carbocycles. The maximum Gasteiger partial charge on any atom is 0.256 e. The molecule has 0 aliphatic carbocycles. The fourth-order valence-electron chi connectivity index (χ4n) is 1.82. The zero-order valence-electron chi connectivity index (χ0n) is 11.7. The van der Waals surface area contributed by atoms with Crippen LogP contribution in [0.2, 0.25) is 0 Å². The fourth-order valence-corrected chi connectivity index (χ4v) is 1.82. The van der Waals surface area contributed by atoms with E-state index >= 15 is 0 Å². The summed E-state index contributed by atoms with van der Waals surface area (Å²) in [5.41, 5.74) is 6.52. The molecular weight excluding hydrogens is 256 g/mol. The number of hydrogen-bond acceptors (Lipinski definition) is 4. The van der Waals surface area contributed by atoms with E-state index in [0.717, 1.165) is 0 Å². The van der Waals surface area contributed by atoms with Gasteiger partial charge in [-0.1, -0.05) is 37.3 Å². The largest absolute Gasteiger partial charge is 0.401 e. The molecule has 5 heteroatoms. The summed E-state index contributed by atoms with van der Waals surface area (Å²) < 4.78 is 0. The molecule has 4 N–H and O–H groups in total. The van der Waals surface area contributed by atoms with Crippen LogP contribution < -0.4 is 11.1 Å². The summed E-state index contributed by atoms with van der Waals surface area (Å²) in [4.78, 5) is 23.9. The maximum atomic E-state index is 12.2. The van der Waals surface area contributed by atoms with Gasteiger partial charge in [-0.05, 0) is 12.0 Å². The van der Waals surface area contributed by atoms with Gasteiger partial charge in [0.25, 0.3) is 5.91 Å². The average Bonchev–Trinajstić information content (AvgIpc) is 2.47. The number of aliphatic hydroxyl groups excluding tert-OH is 1. The lowest BCUT2D eigenvalue weighted by Gasteiger charge is -2.13. The second kappa shape index (κ2) is 7.45. The van der Waals surface area contributed by atoms with Crippen LogP contribution in [0.25, 0.3) is 0 Å². The molecule has 0 saturated carbocycles. The summed E-state index contributed by atoms with van der Waals surface area (Å²) >= 11 is 0. The quantitative estimate of drug-likeness (QED) is 0.411. The van der Waals surface area contributed by atoms with Crippen LogP contribution in [0.4, 0.5) is 0 Å². The van der Waals surface area contributed by atoms with Crippen molar-refractivity contribution in [3.05, 3.63) is 47.2 Å². The first-order chi connectivity index (χ1) is 9.51. The summed E-state index contributed by atoms with van der Waals surface area (Å²) in [6.45, 7) is 1.76. The Morgan fingerprint density at radius 3 is 2.40 bits per heavy atom. The van der Waals surface area contributed by atoms with Crippen molar-refractivity contribution in [3.8, 4) is 0 Å². The molecule has 1 atom stereocenters. The number of nitrogens with two attached hydrogens (primary N) is 1. The van der Waals surface area contributed by atoms with Gasteiger partial charge < -0.3 is 16.2 Å². The van der Waals surface area contributed by atoms with E-state index in [1.54, 1.807) is 31.2 Å². The van der Waals surface area contributed by atoms with Crippen molar-refractivity contribution in [2.75, 3.05) is 7.05 Å². The lowest BCUT2D eigenvalue weighted by atomic mass is 9.98. The summed E-state index contributed by atoms with van der Waals surface area (Å²) in [6.07, 6.45) is -0.725. The Hall–Kier alpha value is -2.14. The topological polar surface area (TPSA) is 92.4 Å². The minimum Gasteiger partial charge on any atom is -0.401 e. The first-order valence-corrected chi connectivity index (χ1v) is 6.48. The molecule has 0 aliphatic heterocycles. The number of amides is 1. The van der Waals surface area contributed by atoms with Gasteiger partial charge in [0.15, 0.2) is 5.78 Å². The number of hydrogen-bond donors (Lipinski definition) is 3. The van der Waals surface area contributed by atoms with E-state index in [-0.39, 0.29) is 17.7 Å². The van der Waals surface area contributed by atoms with Gasteiger partial charge in [-0.2, -0.15) is 0 Å². The highest BCUT2D eigenvalue weighted by atomic mass is 16.3. The van der Waals surface area contributed by atoms with E-state index in [1.807, 2.05) is 6.07 Å². The predicted molar refractivity (Wildman–Crippen MR) is 76.6 cm³/mol. The van der Waals surface area contributed by atoms with Crippen LogP contribution >= 0.6 is 0 Å². The zero-order chi connectivity index (χ0) is 15.1. The molecule has 0 saturated heterocycles. The van der Waals surface area contributed by atoms with Gasteiger partial charge in [0.05, 0.1) is 6.10 Å². The van der Waals surface area contributed by atoms with E-state index in [9.17, 15) is 14.7 Å².